The van der Waals surface area contributed by atoms with Gasteiger partial charge in [0.2, 0.25) is 0 Å². The van der Waals surface area contributed by atoms with Gasteiger partial charge in [0, 0.05) is 12.1 Å². The molecule has 8 heteroatoms. The number of rotatable bonds is 7. The summed E-state index contributed by atoms with van der Waals surface area (Å²) in [5, 5.41) is 13.4. The molecule has 6 nitrogen and oxygen atoms in total. The predicted octanol–water partition coefficient (Wildman–Crippen LogP) is 2.90. The lowest BCUT2D eigenvalue weighted by atomic mass is 10.2. The molecule has 1 rings (SSSR count). The van der Waals surface area contributed by atoms with Crippen molar-refractivity contribution in [2.45, 2.75) is 26.3 Å². The van der Waals surface area contributed by atoms with Gasteiger partial charge in [-0.1, -0.05) is 18.5 Å². The van der Waals surface area contributed by atoms with E-state index >= 15 is 0 Å². The number of nitrogens with one attached hydrogen (secondary N) is 1. The van der Waals surface area contributed by atoms with E-state index in [9.17, 15) is 14.9 Å². The number of aromatic nitrogens is 1. The van der Waals surface area contributed by atoms with Crippen LogP contribution in [0, 0.1) is 10.1 Å². The second kappa shape index (κ2) is 8.06. The molecule has 1 heterocycles. The summed E-state index contributed by atoms with van der Waals surface area (Å²) < 4.78 is 0. The molecule has 20 heavy (non-hydrogen) atoms. The van der Waals surface area contributed by atoms with E-state index < -0.39 is 10.8 Å². The van der Waals surface area contributed by atoms with Gasteiger partial charge in [-0.15, -0.1) is 0 Å². The Labute approximate surface area is 126 Å². The quantitative estimate of drug-likeness (QED) is 0.362. The zero-order valence-electron chi connectivity index (χ0n) is 11.3. The zero-order chi connectivity index (χ0) is 15.1. The van der Waals surface area contributed by atoms with Crippen molar-refractivity contribution < 1.29 is 9.72 Å². The maximum Gasteiger partial charge on any atom is 0.288 e. The van der Waals surface area contributed by atoms with Gasteiger partial charge >= 0.3 is 0 Å². The topological polar surface area (TPSA) is 85.1 Å². The first-order chi connectivity index (χ1) is 9.45. The summed E-state index contributed by atoms with van der Waals surface area (Å²) in [6.07, 6.45) is 1.85. The summed E-state index contributed by atoms with van der Waals surface area (Å²) in [6, 6.07) is 1.11. The Hall–Kier alpha value is -1.34. The maximum absolute atomic E-state index is 12.0. The third-order valence-corrected chi connectivity index (χ3v) is 3.79. The van der Waals surface area contributed by atoms with Crippen LogP contribution < -0.4 is 5.32 Å². The highest BCUT2D eigenvalue weighted by atomic mass is 35.5. The monoisotopic (exact) mass is 317 g/mol. The largest absolute Gasteiger partial charge is 0.349 e. The molecule has 0 saturated carbocycles. The summed E-state index contributed by atoms with van der Waals surface area (Å²) in [4.78, 5) is 25.7. The molecule has 1 amide bonds. The van der Waals surface area contributed by atoms with E-state index in [0.717, 1.165) is 30.2 Å². The van der Waals surface area contributed by atoms with Crippen molar-refractivity contribution in [2.24, 2.45) is 0 Å². The highest BCUT2D eigenvalue weighted by molar-refractivity contribution is 7.99. The number of nitro groups is 1. The number of carbonyl (C=O) groups excluding carboxylic acids is 1. The van der Waals surface area contributed by atoms with Crippen LogP contribution in [0.3, 0.4) is 0 Å². The molecular formula is C12H16ClN3O3S. The van der Waals surface area contributed by atoms with E-state index in [-0.39, 0.29) is 22.4 Å². The van der Waals surface area contributed by atoms with Crippen molar-refractivity contribution in [3.63, 3.8) is 0 Å². The molecule has 0 aromatic carbocycles. The molecule has 1 N–H and O–H groups in total. The predicted molar refractivity (Wildman–Crippen MR) is 80.4 cm³/mol. The minimum atomic E-state index is -0.610. The van der Waals surface area contributed by atoms with Crippen molar-refractivity contribution in [3.8, 4) is 0 Å². The molecule has 0 aliphatic heterocycles. The van der Waals surface area contributed by atoms with E-state index in [1.807, 2.05) is 6.92 Å². The minimum absolute atomic E-state index is 0.0239. The van der Waals surface area contributed by atoms with Crippen LogP contribution in [0.15, 0.2) is 12.3 Å². The summed E-state index contributed by atoms with van der Waals surface area (Å²) in [5.41, 5.74) is -0.232. The number of pyridine rings is 1. The lowest BCUT2D eigenvalue weighted by Gasteiger charge is -2.13. The molecule has 0 aliphatic rings. The molecule has 0 radical (unpaired) electrons. The van der Waals surface area contributed by atoms with Gasteiger partial charge in [0.15, 0.2) is 0 Å². The molecule has 1 aromatic heterocycles. The number of amides is 1. The average Bonchev–Trinajstić information content (AvgIpc) is 2.39. The smallest absolute Gasteiger partial charge is 0.288 e. The fourth-order valence-corrected chi connectivity index (χ4v) is 2.47. The number of halogens is 1. The van der Waals surface area contributed by atoms with Crippen LogP contribution >= 0.6 is 23.4 Å². The Morgan fingerprint density at radius 3 is 2.95 bits per heavy atom. The van der Waals surface area contributed by atoms with E-state index in [4.69, 9.17) is 11.6 Å². The Bertz CT molecular complexity index is 499. The number of nitrogens with zero attached hydrogens (tertiary/aromatic N) is 2. The van der Waals surface area contributed by atoms with Crippen molar-refractivity contribution in [2.75, 3.05) is 11.5 Å². The highest BCUT2D eigenvalue weighted by Crippen LogP contribution is 2.19. The van der Waals surface area contributed by atoms with Crippen molar-refractivity contribution in [1.82, 2.24) is 10.3 Å². The van der Waals surface area contributed by atoms with Gasteiger partial charge in [-0.3, -0.25) is 14.9 Å². The Morgan fingerprint density at radius 2 is 2.35 bits per heavy atom. The van der Waals surface area contributed by atoms with Crippen LogP contribution in [-0.2, 0) is 0 Å². The maximum atomic E-state index is 12.0. The molecule has 1 unspecified atom stereocenters. The molecule has 0 bridgehead atoms. The van der Waals surface area contributed by atoms with Crippen LogP contribution in [-0.4, -0.2) is 33.4 Å². The van der Waals surface area contributed by atoms with E-state index in [1.165, 1.54) is 0 Å². The number of hydrogen-bond acceptors (Lipinski definition) is 5. The van der Waals surface area contributed by atoms with Gasteiger partial charge in [0.05, 0.1) is 10.5 Å². The first-order valence-electron chi connectivity index (χ1n) is 6.14. The third-order valence-electron chi connectivity index (χ3n) is 2.56. The van der Waals surface area contributed by atoms with Crippen molar-refractivity contribution in [3.05, 3.63) is 33.1 Å². The lowest BCUT2D eigenvalue weighted by Crippen LogP contribution is -2.33. The molecule has 1 aromatic rings. The summed E-state index contributed by atoms with van der Waals surface area (Å²) in [7, 11) is 0. The Kier molecular flexibility index (Phi) is 6.74. The molecule has 0 spiro atoms. The number of carbonyl (C=O) groups is 1. The molecule has 1 atom stereocenters. The van der Waals surface area contributed by atoms with Gasteiger partial charge < -0.3 is 5.32 Å². The van der Waals surface area contributed by atoms with Crippen molar-refractivity contribution in [1.29, 1.82) is 0 Å². The number of thioether (sulfide) groups is 1. The number of hydrogen-bond donors (Lipinski definition) is 1. The van der Waals surface area contributed by atoms with Crippen molar-refractivity contribution >= 4 is 35.0 Å². The first kappa shape index (κ1) is 16.7. The Morgan fingerprint density at radius 1 is 1.65 bits per heavy atom. The second-order valence-corrected chi connectivity index (χ2v) is 5.90. The van der Waals surface area contributed by atoms with E-state index in [0.29, 0.717) is 0 Å². The molecule has 0 fully saturated rings. The van der Waals surface area contributed by atoms with Crippen LogP contribution in [0.25, 0.3) is 0 Å². The summed E-state index contributed by atoms with van der Waals surface area (Å²) >= 11 is 7.60. The summed E-state index contributed by atoms with van der Waals surface area (Å²) in [5.74, 6) is 1.53. The Balaban J connectivity index is 2.71. The molecular weight excluding hydrogens is 302 g/mol. The molecule has 0 saturated heterocycles. The molecule has 0 aliphatic carbocycles. The van der Waals surface area contributed by atoms with Gasteiger partial charge in [-0.05, 0) is 24.9 Å². The van der Waals surface area contributed by atoms with Crippen LogP contribution in [0.2, 0.25) is 5.15 Å². The molecule has 110 valence electrons. The zero-order valence-corrected chi connectivity index (χ0v) is 12.8. The van der Waals surface area contributed by atoms with E-state index in [1.54, 1.807) is 11.8 Å². The first-order valence-corrected chi connectivity index (χ1v) is 7.67. The van der Waals surface area contributed by atoms with Crippen LogP contribution in [0.4, 0.5) is 5.69 Å². The SMILES string of the molecule is CCSCCC(C)NC(=O)c1cc([N+](=O)[O-])cnc1Cl. The normalized spacial score (nSPS) is 11.9. The minimum Gasteiger partial charge on any atom is -0.349 e. The van der Waals surface area contributed by atoms with Crippen LogP contribution in [0.5, 0.6) is 0 Å². The summed E-state index contributed by atoms with van der Waals surface area (Å²) in [6.45, 7) is 3.95. The third kappa shape index (κ3) is 4.97. The average molecular weight is 318 g/mol. The fourth-order valence-electron chi connectivity index (χ4n) is 1.47. The van der Waals surface area contributed by atoms with Gasteiger partial charge in [-0.2, -0.15) is 11.8 Å². The van der Waals surface area contributed by atoms with E-state index in [2.05, 4.69) is 17.2 Å². The van der Waals surface area contributed by atoms with Gasteiger partial charge in [0.1, 0.15) is 11.3 Å². The fraction of sp³-hybridized carbons (Fsp3) is 0.500. The van der Waals surface area contributed by atoms with Gasteiger partial charge in [-0.25, -0.2) is 4.98 Å². The standard InChI is InChI=1S/C12H16ClN3O3S/c1-3-20-5-4-8(2)15-12(17)10-6-9(16(18)19)7-14-11(10)13/h6-8H,3-5H2,1-2H3,(H,15,17). The van der Waals surface area contributed by atoms with Gasteiger partial charge in [0.25, 0.3) is 11.6 Å². The highest BCUT2D eigenvalue weighted by Gasteiger charge is 2.18. The lowest BCUT2D eigenvalue weighted by molar-refractivity contribution is -0.385. The second-order valence-electron chi connectivity index (χ2n) is 4.15. The van der Waals surface area contributed by atoms with Crippen LogP contribution in [0.1, 0.15) is 30.6 Å².